The second-order valence-corrected chi connectivity index (χ2v) is 4.83. The Bertz CT molecular complexity index is 272. The summed E-state index contributed by atoms with van der Waals surface area (Å²) in [5, 5.41) is 4.57. The third kappa shape index (κ3) is 4.22. The molecule has 0 amide bonds. The van der Waals surface area contributed by atoms with Crippen molar-refractivity contribution in [2.45, 2.75) is 45.7 Å². The van der Waals surface area contributed by atoms with Crippen LogP contribution in [0.25, 0.3) is 0 Å². The van der Waals surface area contributed by atoms with Crippen LogP contribution in [0.3, 0.4) is 0 Å². The molecule has 0 aromatic carbocycles. The molecule has 0 aliphatic rings. The first-order valence-corrected chi connectivity index (χ1v) is 6.47. The second-order valence-electron chi connectivity index (χ2n) is 3.70. The van der Waals surface area contributed by atoms with E-state index < -0.39 is 0 Å². The van der Waals surface area contributed by atoms with E-state index in [0.717, 1.165) is 11.6 Å². The predicted octanol–water partition coefficient (Wildman–Crippen LogP) is 3.43. The molecule has 0 bridgehead atoms. The molecule has 0 radical (unpaired) electrons. The second kappa shape index (κ2) is 6.85. The van der Waals surface area contributed by atoms with Crippen LogP contribution in [0.2, 0.25) is 0 Å². The first-order chi connectivity index (χ1) is 7.30. The maximum absolute atomic E-state index is 5.17. The van der Waals surface area contributed by atoms with Crippen molar-refractivity contribution in [3.63, 3.8) is 0 Å². The highest BCUT2D eigenvalue weighted by Crippen LogP contribution is 2.23. The zero-order valence-electron chi connectivity index (χ0n) is 9.88. The smallest absolute Gasteiger partial charge is 0.173 e. The molecule has 15 heavy (non-hydrogen) atoms. The summed E-state index contributed by atoms with van der Waals surface area (Å²) < 4.78 is 5.17. The average Bonchev–Trinajstić information content (AvgIpc) is 2.72. The molecule has 0 saturated carbocycles. The highest BCUT2D eigenvalue weighted by Gasteiger charge is 2.05. The summed E-state index contributed by atoms with van der Waals surface area (Å²) in [4.78, 5) is 1.35. The van der Waals surface area contributed by atoms with Gasteiger partial charge in [0.25, 0.3) is 0 Å². The first kappa shape index (κ1) is 12.5. The minimum absolute atomic E-state index is 0.656. The molecule has 1 unspecified atom stereocenters. The first-order valence-electron chi connectivity index (χ1n) is 5.66. The zero-order chi connectivity index (χ0) is 11.1. The maximum atomic E-state index is 5.17. The SMILES string of the molecule is CCCC(CC)NCc1ccc(OC)s1. The number of ether oxygens (including phenoxy) is 1. The third-order valence-electron chi connectivity index (χ3n) is 2.53. The van der Waals surface area contributed by atoms with Crippen molar-refractivity contribution in [2.75, 3.05) is 7.11 Å². The normalized spacial score (nSPS) is 12.7. The molecular weight excluding hydrogens is 206 g/mol. The lowest BCUT2D eigenvalue weighted by Gasteiger charge is -2.14. The van der Waals surface area contributed by atoms with Gasteiger partial charge in [0, 0.05) is 17.5 Å². The number of methoxy groups -OCH3 is 1. The summed E-state index contributed by atoms with van der Waals surface area (Å²) in [6.07, 6.45) is 3.72. The number of rotatable bonds is 7. The van der Waals surface area contributed by atoms with Crippen LogP contribution in [0.1, 0.15) is 38.0 Å². The van der Waals surface area contributed by atoms with Gasteiger partial charge in [-0.25, -0.2) is 0 Å². The Morgan fingerprint density at radius 2 is 2.20 bits per heavy atom. The lowest BCUT2D eigenvalue weighted by atomic mass is 10.1. The molecule has 0 spiro atoms. The van der Waals surface area contributed by atoms with Gasteiger partial charge in [-0.05, 0) is 25.0 Å². The molecule has 0 aliphatic carbocycles. The molecule has 0 fully saturated rings. The highest BCUT2D eigenvalue weighted by molar-refractivity contribution is 7.13. The fourth-order valence-corrected chi connectivity index (χ4v) is 2.38. The van der Waals surface area contributed by atoms with E-state index in [1.807, 2.05) is 6.07 Å². The number of thiophene rings is 1. The number of hydrogen-bond donors (Lipinski definition) is 1. The van der Waals surface area contributed by atoms with E-state index in [2.05, 4.69) is 25.2 Å². The van der Waals surface area contributed by atoms with E-state index >= 15 is 0 Å². The molecular formula is C12H21NOS. The summed E-state index contributed by atoms with van der Waals surface area (Å²) in [7, 11) is 1.72. The molecule has 1 heterocycles. The fourth-order valence-electron chi connectivity index (χ4n) is 1.61. The topological polar surface area (TPSA) is 21.3 Å². The van der Waals surface area contributed by atoms with Gasteiger partial charge in [0.15, 0.2) is 5.06 Å². The molecule has 3 heteroatoms. The van der Waals surface area contributed by atoms with E-state index in [0.29, 0.717) is 6.04 Å². The van der Waals surface area contributed by atoms with Crippen LogP contribution < -0.4 is 10.1 Å². The van der Waals surface area contributed by atoms with Crippen LogP contribution in [0, 0.1) is 0 Å². The van der Waals surface area contributed by atoms with E-state index in [1.54, 1.807) is 18.4 Å². The molecule has 1 aromatic rings. The highest BCUT2D eigenvalue weighted by atomic mass is 32.1. The number of hydrogen-bond acceptors (Lipinski definition) is 3. The van der Waals surface area contributed by atoms with Crippen LogP contribution >= 0.6 is 11.3 Å². The van der Waals surface area contributed by atoms with Gasteiger partial charge in [0.2, 0.25) is 0 Å². The van der Waals surface area contributed by atoms with Crippen molar-refractivity contribution >= 4 is 11.3 Å². The van der Waals surface area contributed by atoms with E-state index in [-0.39, 0.29) is 0 Å². The molecule has 1 N–H and O–H groups in total. The Hall–Kier alpha value is -0.540. The van der Waals surface area contributed by atoms with Crippen LogP contribution in [-0.2, 0) is 6.54 Å². The largest absolute Gasteiger partial charge is 0.487 e. The lowest BCUT2D eigenvalue weighted by Crippen LogP contribution is -2.27. The Labute approximate surface area is 96.7 Å². The Morgan fingerprint density at radius 1 is 1.40 bits per heavy atom. The minimum Gasteiger partial charge on any atom is -0.487 e. The standard InChI is InChI=1S/C12H21NOS/c1-4-6-10(5-2)13-9-11-7-8-12(14-3)15-11/h7-8,10,13H,4-6,9H2,1-3H3. The lowest BCUT2D eigenvalue weighted by molar-refractivity contribution is 0.427. The van der Waals surface area contributed by atoms with Crippen molar-refractivity contribution in [1.82, 2.24) is 5.32 Å². The van der Waals surface area contributed by atoms with Gasteiger partial charge in [-0.1, -0.05) is 20.3 Å². The average molecular weight is 227 g/mol. The summed E-state index contributed by atoms with van der Waals surface area (Å²) in [6.45, 7) is 5.44. The quantitative estimate of drug-likeness (QED) is 0.770. The summed E-state index contributed by atoms with van der Waals surface area (Å²) in [5.74, 6) is 0. The van der Waals surface area contributed by atoms with Gasteiger partial charge in [0.1, 0.15) is 0 Å². The summed E-state index contributed by atoms with van der Waals surface area (Å²) in [6, 6.07) is 4.82. The van der Waals surface area contributed by atoms with Crippen LogP contribution in [-0.4, -0.2) is 13.2 Å². The summed E-state index contributed by atoms with van der Waals surface area (Å²) in [5.41, 5.74) is 0. The molecule has 0 saturated heterocycles. The Morgan fingerprint density at radius 3 is 2.73 bits per heavy atom. The van der Waals surface area contributed by atoms with Crippen molar-refractivity contribution < 1.29 is 4.74 Å². The van der Waals surface area contributed by atoms with Gasteiger partial charge in [-0.15, -0.1) is 11.3 Å². The van der Waals surface area contributed by atoms with E-state index in [4.69, 9.17) is 4.74 Å². The van der Waals surface area contributed by atoms with Crippen LogP contribution in [0.4, 0.5) is 0 Å². The Balaban J connectivity index is 2.34. The van der Waals surface area contributed by atoms with Gasteiger partial charge >= 0.3 is 0 Å². The molecule has 2 nitrogen and oxygen atoms in total. The molecule has 0 aliphatic heterocycles. The predicted molar refractivity (Wildman–Crippen MR) is 66.7 cm³/mol. The van der Waals surface area contributed by atoms with Crippen molar-refractivity contribution in [2.24, 2.45) is 0 Å². The van der Waals surface area contributed by atoms with Crippen molar-refractivity contribution in [3.8, 4) is 5.06 Å². The Kier molecular flexibility index (Phi) is 5.73. The fraction of sp³-hybridized carbons (Fsp3) is 0.667. The molecule has 86 valence electrons. The third-order valence-corrected chi connectivity index (χ3v) is 3.58. The van der Waals surface area contributed by atoms with Crippen molar-refractivity contribution in [3.05, 3.63) is 17.0 Å². The summed E-state index contributed by atoms with van der Waals surface area (Å²) >= 11 is 1.72. The van der Waals surface area contributed by atoms with E-state index in [1.165, 1.54) is 24.1 Å². The van der Waals surface area contributed by atoms with Gasteiger partial charge in [-0.3, -0.25) is 0 Å². The monoisotopic (exact) mass is 227 g/mol. The zero-order valence-corrected chi connectivity index (χ0v) is 10.7. The number of nitrogens with one attached hydrogen (secondary N) is 1. The van der Waals surface area contributed by atoms with Gasteiger partial charge in [0.05, 0.1) is 7.11 Å². The van der Waals surface area contributed by atoms with E-state index in [9.17, 15) is 0 Å². The van der Waals surface area contributed by atoms with Gasteiger partial charge < -0.3 is 10.1 Å². The molecule has 1 atom stereocenters. The van der Waals surface area contributed by atoms with Gasteiger partial charge in [-0.2, -0.15) is 0 Å². The van der Waals surface area contributed by atoms with Crippen molar-refractivity contribution in [1.29, 1.82) is 0 Å². The molecule has 1 aromatic heterocycles. The van der Waals surface area contributed by atoms with Crippen LogP contribution in [0.15, 0.2) is 12.1 Å². The molecule has 1 rings (SSSR count). The van der Waals surface area contributed by atoms with Crippen LogP contribution in [0.5, 0.6) is 5.06 Å². The maximum Gasteiger partial charge on any atom is 0.173 e. The minimum atomic E-state index is 0.656.